The first-order valence-corrected chi connectivity index (χ1v) is 9.47. The van der Waals surface area contributed by atoms with Gasteiger partial charge in [0.2, 0.25) is 11.8 Å². The number of carbonyl (C=O) groups excluding carboxylic acids is 2. The normalized spacial score (nSPS) is 20.5. The summed E-state index contributed by atoms with van der Waals surface area (Å²) in [6, 6.07) is 10.4. The van der Waals surface area contributed by atoms with Gasteiger partial charge in [-0.3, -0.25) is 14.5 Å². The molecule has 1 aliphatic heterocycles. The zero-order valence-corrected chi connectivity index (χ0v) is 18.5. The van der Waals surface area contributed by atoms with E-state index < -0.39 is 6.04 Å². The van der Waals surface area contributed by atoms with E-state index in [4.69, 9.17) is 5.73 Å². The third-order valence-electron chi connectivity index (χ3n) is 5.05. The van der Waals surface area contributed by atoms with Crippen molar-refractivity contribution >= 4 is 36.6 Å². The van der Waals surface area contributed by atoms with Crippen LogP contribution in [0.25, 0.3) is 0 Å². The summed E-state index contributed by atoms with van der Waals surface area (Å²) in [6.45, 7) is 7.84. The van der Waals surface area contributed by atoms with Gasteiger partial charge in [-0.1, -0.05) is 44.2 Å². The maximum atomic E-state index is 12.1. The van der Waals surface area contributed by atoms with Gasteiger partial charge in [-0.2, -0.15) is 0 Å². The fraction of sp³-hybridized carbons (Fsp3) is 0.600. The van der Waals surface area contributed by atoms with Crippen LogP contribution < -0.4 is 16.4 Å². The van der Waals surface area contributed by atoms with Gasteiger partial charge in [0, 0.05) is 25.2 Å². The minimum absolute atomic E-state index is 0. The smallest absolute Gasteiger partial charge is 0.239 e. The lowest BCUT2D eigenvalue weighted by Gasteiger charge is -2.38. The second kappa shape index (κ2) is 13.0. The molecule has 1 heterocycles. The van der Waals surface area contributed by atoms with Crippen LogP contribution in [0.5, 0.6) is 0 Å². The third-order valence-corrected chi connectivity index (χ3v) is 5.05. The quantitative estimate of drug-likeness (QED) is 0.615. The molecular formula is C20H34Cl2N4O2. The highest BCUT2D eigenvalue weighted by atomic mass is 35.5. The van der Waals surface area contributed by atoms with Crippen molar-refractivity contribution in [3.8, 4) is 0 Å². The zero-order valence-electron chi connectivity index (χ0n) is 16.9. The number of nitrogens with one attached hydrogen (secondary N) is 2. The van der Waals surface area contributed by atoms with Gasteiger partial charge < -0.3 is 16.4 Å². The van der Waals surface area contributed by atoms with Crippen molar-refractivity contribution in [2.75, 3.05) is 13.1 Å². The number of benzene rings is 1. The molecular weight excluding hydrogens is 399 g/mol. The van der Waals surface area contributed by atoms with Crippen LogP contribution >= 0.6 is 24.8 Å². The predicted octanol–water partition coefficient (Wildman–Crippen LogP) is 2.10. The van der Waals surface area contributed by atoms with E-state index in [-0.39, 0.29) is 55.1 Å². The maximum absolute atomic E-state index is 12.1. The van der Waals surface area contributed by atoms with E-state index in [1.165, 1.54) is 5.56 Å². The van der Waals surface area contributed by atoms with Gasteiger partial charge in [-0.25, -0.2) is 0 Å². The highest BCUT2D eigenvalue weighted by Crippen LogP contribution is 2.19. The Labute approximate surface area is 180 Å². The average Bonchev–Trinajstić information content (AvgIpc) is 2.62. The molecule has 1 fully saturated rings. The Bertz CT molecular complexity index is 601. The molecule has 2 unspecified atom stereocenters. The summed E-state index contributed by atoms with van der Waals surface area (Å²) in [5.41, 5.74) is 7.09. The number of hydrogen-bond donors (Lipinski definition) is 3. The molecule has 0 bridgehead atoms. The standard InChI is InChI=1S/C20H32N4O2.2ClH/c1-14(2)19(21)20(26)22-12-18(25)23-17-9-10-24(15(3)11-17)13-16-7-5-4-6-8-16;;/h4-8,14-15,17,19H,9-13,21H2,1-3H3,(H,22,26)(H,23,25);2*1H/t15?,17?,19-;;/m0../s1. The number of nitrogens with two attached hydrogens (primary N) is 1. The largest absolute Gasteiger partial charge is 0.352 e. The Morgan fingerprint density at radius 3 is 2.43 bits per heavy atom. The van der Waals surface area contributed by atoms with Gasteiger partial charge in [0.1, 0.15) is 0 Å². The molecule has 3 atom stereocenters. The van der Waals surface area contributed by atoms with Gasteiger partial charge in [0.15, 0.2) is 0 Å². The maximum Gasteiger partial charge on any atom is 0.239 e. The molecule has 28 heavy (non-hydrogen) atoms. The number of hydrogen-bond acceptors (Lipinski definition) is 4. The highest BCUT2D eigenvalue weighted by molar-refractivity contribution is 5.87. The number of likely N-dealkylation sites (tertiary alicyclic amines) is 1. The molecule has 1 aromatic rings. The van der Waals surface area contributed by atoms with Crippen molar-refractivity contribution in [1.29, 1.82) is 0 Å². The van der Waals surface area contributed by atoms with Crippen LogP contribution in [0.1, 0.15) is 39.2 Å². The Morgan fingerprint density at radius 1 is 1.21 bits per heavy atom. The summed E-state index contributed by atoms with van der Waals surface area (Å²) < 4.78 is 0. The monoisotopic (exact) mass is 432 g/mol. The van der Waals surface area contributed by atoms with E-state index >= 15 is 0 Å². The van der Waals surface area contributed by atoms with Crippen LogP contribution in [-0.2, 0) is 16.1 Å². The summed E-state index contributed by atoms with van der Waals surface area (Å²) in [7, 11) is 0. The van der Waals surface area contributed by atoms with E-state index in [2.05, 4.69) is 46.7 Å². The van der Waals surface area contributed by atoms with Crippen molar-refractivity contribution in [3.63, 3.8) is 0 Å². The molecule has 2 rings (SSSR count). The fourth-order valence-corrected chi connectivity index (χ4v) is 3.27. The minimum atomic E-state index is -0.580. The lowest BCUT2D eigenvalue weighted by molar-refractivity contribution is -0.127. The van der Waals surface area contributed by atoms with Gasteiger partial charge in [-0.15, -0.1) is 24.8 Å². The predicted molar refractivity (Wildman–Crippen MR) is 118 cm³/mol. The molecule has 1 aliphatic rings. The van der Waals surface area contributed by atoms with Crippen LogP contribution in [0.4, 0.5) is 0 Å². The van der Waals surface area contributed by atoms with Crippen molar-refractivity contribution in [2.24, 2.45) is 11.7 Å². The summed E-state index contributed by atoms with van der Waals surface area (Å²) in [4.78, 5) is 26.4. The molecule has 6 nitrogen and oxygen atoms in total. The molecule has 0 radical (unpaired) electrons. The van der Waals surface area contributed by atoms with E-state index in [1.54, 1.807) is 0 Å². The summed E-state index contributed by atoms with van der Waals surface area (Å²) in [5.74, 6) is -0.378. The number of piperidine rings is 1. The van der Waals surface area contributed by atoms with E-state index in [0.717, 1.165) is 25.9 Å². The van der Waals surface area contributed by atoms with Crippen LogP contribution in [0.2, 0.25) is 0 Å². The molecule has 1 saturated heterocycles. The topological polar surface area (TPSA) is 87.5 Å². The molecule has 0 saturated carbocycles. The lowest BCUT2D eigenvalue weighted by Crippen LogP contribution is -2.51. The fourth-order valence-electron chi connectivity index (χ4n) is 3.27. The number of carbonyl (C=O) groups is 2. The molecule has 0 aliphatic carbocycles. The summed E-state index contributed by atoms with van der Waals surface area (Å²) in [6.07, 6.45) is 1.83. The number of rotatable bonds is 7. The summed E-state index contributed by atoms with van der Waals surface area (Å²) in [5, 5.41) is 5.66. The van der Waals surface area contributed by atoms with Gasteiger partial charge in [-0.05, 0) is 31.2 Å². The minimum Gasteiger partial charge on any atom is -0.352 e. The average molecular weight is 433 g/mol. The molecule has 8 heteroatoms. The van der Waals surface area contributed by atoms with Crippen LogP contribution in [0, 0.1) is 5.92 Å². The van der Waals surface area contributed by atoms with Crippen LogP contribution in [0.3, 0.4) is 0 Å². The van der Waals surface area contributed by atoms with E-state index in [1.807, 2.05) is 19.9 Å². The Morgan fingerprint density at radius 2 is 1.86 bits per heavy atom. The van der Waals surface area contributed by atoms with Crippen molar-refractivity contribution in [1.82, 2.24) is 15.5 Å². The number of amides is 2. The first kappa shape index (κ1) is 26.7. The zero-order chi connectivity index (χ0) is 19.1. The van der Waals surface area contributed by atoms with Gasteiger partial charge >= 0.3 is 0 Å². The van der Waals surface area contributed by atoms with Gasteiger partial charge in [0.25, 0.3) is 0 Å². The lowest BCUT2D eigenvalue weighted by atomic mass is 9.97. The highest BCUT2D eigenvalue weighted by Gasteiger charge is 2.26. The van der Waals surface area contributed by atoms with Crippen molar-refractivity contribution < 1.29 is 9.59 Å². The molecule has 4 N–H and O–H groups in total. The molecule has 0 aromatic heterocycles. The van der Waals surface area contributed by atoms with Gasteiger partial charge in [0.05, 0.1) is 12.6 Å². The first-order valence-electron chi connectivity index (χ1n) is 9.47. The molecule has 0 spiro atoms. The SMILES string of the molecule is CC(C)[C@H](N)C(=O)NCC(=O)NC1CCN(Cc2ccccc2)C(C)C1.Cl.Cl. The summed E-state index contributed by atoms with van der Waals surface area (Å²) >= 11 is 0. The van der Waals surface area contributed by atoms with Crippen LogP contribution in [-0.4, -0.2) is 47.9 Å². The Hall–Kier alpha value is -1.34. The molecule has 160 valence electrons. The second-order valence-corrected chi connectivity index (χ2v) is 7.58. The first-order chi connectivity index (χ1) is 12.4. The molecule has 2 amide bonds. The molecule has 1 aromatic carbocycles. The van der Waals surface area contributed by atoms with Crippen LogP contribution in [0.15, 0.2) is 30.3 Å². The van der Waals surface area contributed by atoms with Crippen molar-refractivity contribution in [2.45, 2.75) is 58.3 Å². The third kappa shape index (κ3) is 8.35. The Balaban J connectivity index is 0.00000364. The Kier molecular flexibility index (Phi) is 12.4. The second-order valence-electron chi connectivity index (χ2n) is 7.58. The van der Waals surface area contributed by atoms with E-state index in [0.29, 0.717) is 6.04 Å². The number of halogens is 2. The number of nitrogens with zero attached hydrogens (tertiary/aromatic N) is 1. The van der Waals surface area contributed by atoms with Crippen molar-refractivity contribution in [3.05, 3.63) is 35.9 Å². The van der Waals surface area contributed by atoms with E-state index in [9.17, 15) is 9.59 Å².